The molecule has 0 bridgehead atoms. The van der Waals surface area contributed by atoms with Gasteiger partial charge in [0.1, 0.15) is 0 Å². The smallest absolute Gasteiger partial charge is 0.219 e. The lowest BCUT2D eigenvalue weighted by atomic mass is 9.89. The van der Waals surface area contributed by atoms with Crippen LogP contribution < -0.4 is 5.32 Å². The molecule has 0 radical (unpaired) electrons. The van der Waals surface area contributed by atoms with E-state index in [1.807, 2.05) is 55.5 Å². The summed E-state index contributed by atoms with van der Waals surface area (Å²) in [5, 5.41) is 33.8. The number of aryl methyl sites for hydroxylation is 1. The highest BCUT2D eigenvalue weighted by Crippen LogP contribution is 2.36. The van der Waals surface area contributed by atoms with Crippen molar-refractivity contribution in [1.29, 1.82) is 0 Å². The van der Waals surface area contributed by atoms with Crippen LogP contribution in [0.4, 0.5) is 0 Å². The minimum atomic E-state index is -0.589. The van der Waals surface area contributed by atoms with Crippen molar-refractivity contribution in [2.75, 3.05) is 6.54 Å². The molecule has 1 aromatic rings. The second-order valence-corrected chi connectivity index (χ2v) is 8.14. The Morgan fingerprint density at radius 2 is 1.97 bits per heavy atom. The van der Waals surface area contributed by atoms with Gasteiger partial charge in [-0.05, 0) is 50.5 Å². The molecule has 1 aromatic carbocycles. The first-order valence-corrected chi connectivity index (χ1v) is 11.2. The molecular formula is C25H37NO4. The van der Waals surface area contributed by atoms with E-state index < -0.39 is 18.3 Å². The van der Waals surface area contributed by atoms with E-state index in [2.05, 4.69) is 5.32 Å². The lowest BCUT2D eigenvalue weighted by Gasteiger charge is -2.19. The second kappa shape index (κ2) is 13.4. The van der Waals surface area contributed by atoms with Gasteiger partial charge in [-0.15, -0.1) is 0 Å². The Bertz CT molecular complexity index is 673. The van der Waals surface area contributed by atoms with E-state index in [0.29, 0.717) is 32.2 Å². The number of rotatable bonds is 12. The van der Waals surface area contributed by atoms with Gasteiger partial charge in [0.25, 0.3) is 0 Å². The maximum Gasteiger partial charge on any atom is 0.219 e. The molecule has 5 nitrogen and oxygen atoms in total. The number of nitrogens with one attached hydrogen (secondary N) is 1. The Morgan fingerprint density at radius 1 is 1.20 bits per heavy atom. The summed E-state index contributed by atoms with van der Waals surface area (Å²) in [5.41, 5.74) is 1.19. The fourth-order valence-corrected chi connectivity index (χ4v) is 4.06. The zero-order chi connectivity index (χ0) is 21.8. The summed E-state index contributed by atoms with van der Waals surface area (Å²) < 4.78 is 0. The number of allylic oxidation sites excluding steroid dienone is 2. The minimum Gasteiger partial charge on any atom is -0.393 e. The van der Waals surface area contributed by atoms with Crippen molar-refractivity contribution in [3.8, 4) is 0 Å². The quantitative estimate of drug-likeness (QED) is 0.312. The predicted octanol–water partition coefficient (Wildman–Crippen LogP) is 3.15. The Kier molecular flexibility index (Phi) is 10.8. The zero-order valence-electron chi connectivity index (χ0n) is 18.0. The molecule has 0 unspecified atom stereocenters. The summed E-state index contributed by atoms with van der Waals surface area (Å²) in [6.07, 6.45) is 10.6. The lowest BCUT2D eigenvalue weighted by molar-refractivity contribution is -0.121. The van der Waals surface area contributed by atoms with Crippen LogP contribution >= 0.6 is 0 Å². The molecule has 0 aliphatic heterocycles. The number of aliphatic hydroxyl groups is 3. The van der Waals surface area contributed by atoms with Crippen LogP contribution in [0.2, 0.25) is 0 Å². The highest BCUT2D eigenvalue weighted by molar-refractivity contribution is 5.75. The highest BCUT2D eigenvalue weighted by atomic mass is 16.3. The van der Waals surface area contributed by atoms with Crippen molar-refractivity contribution in [1.82, 2.24) is 5.32 Å². The topological polar surface area (TPSA) is 89.8 Å². The van der Waals surface area contributed by atoms with Gasteiger partial charge in [0, 0.05) is 25.3 Å². The number of unbranched alkanes of at least 4 members (excludes halogenated alkanes) is 1. The Morgan fingerprint density at radius 3 is 2.70 bits per heavy atom. The minimum absolute atomic E-state index is 0.0581. The molecule has 0 saturated heterocycles. The summed E-state index contributed by atoms with van der Waals surface area (Å²) >= 11 is 0. The van der Waals surface area contributed by atoms with Crippen LogP contribution in [0.1, 0.15) is 51.0 Å². The Balaban J connectivity index is 1.78. The monoisotopic (exact) mass is 415 g/mol. The second-order valence-electron chi connectivity index (χ2n) is 8.14. The lowest BCUT2D eigenvalue weighted by Crippen LogP contribution is -2.21. The summed E-state index contributed by atoms with van der Waals surface area (Å²) in [6, 6.07) is 10.1. The van der Waals surface area contributed by atoms with Gasteiger partial charge >= 0.3 is 0 Å². The third-order valence-electron chi connectivity index (χ3n) is 5.77. The molecule has 1 aliphatic rings. The normalized spacial score (nSPS) is 25.2. The molecule has 30 heavy (non-hydrogen) atoms. The zero-order valence-corrected chi connectivity index (χ0v) is 18.0. The predicted molar refractivity (Wildman–Crippen MR) is 120 cm³/mol. The third kappa shape index (κ3) is 8.42. The SMILES string of the molecule is CCNC(=O)CCC/C=C/C[C@@H]1[C@H](C=C[C@H](O)CCc2ccccc2)[C@@H](O)C[C@@H]1O. The fraction of sp³-hybridized carbons (Fsp3) is 0.560. The molecule has 2 rings (SSSR count). The van der Waals surface area contributed by atoms with Gasteiger partial charge in [-0.2, -0.15) is 0 Å². The van der Waals surface area contributed by atoms with Crippen LogP contribution in [0, 0.1) is 11.8 Å². The number of carbonyl (C=O) groups is 1. The van der Waals surface area contributed by atoms with Crippen molar-refractivity contribution in [3.05, 3.63) is 60.2 Å². The van der Waals surface area contributed by atoms with Gasteiger partial charge in [0.2, 0.25) is 5.91 Å². The molecule has 1 saturated carbocycles. The van der Waals surface area contributed by atoms with Crippen LogP contribution in [0.5, 0.6) is 0 Å². The molecule has 1 fully saturated rings. The van der Waals surface area contributed by atoms with Crippen LogP contribution in [0.3, 0.4) is 0 Å². The van der Waals surface area contributed by atoms with Crippen molar-refractivity contribution in [2.24, 2.45) is 11.8 Å². The molecule has 1 amide bonds. The van der Waals surface area contributed by atoms with Gasteiger partial charge < -0.3 is 20.6 Å². The van der Waals surface area contributed by atoms with Gasteiger partial charge in [-0.25, -0.2) is 0 Å². The number of benzene rings is 1. The summed E-state index contributed by atoms with van der Waals surface area (Å²) in [5.74, 6) is -0.139. The van der Waals surface area contributed by atoms with Crippen molar-refractivity contribution >= 4 is 5.91 Å². The molecule has 1 aliphatic carbocycles. The van der Waals surface area contributed by atoms with Gasteiger partial charge in [0.05, 0.1) is 18.3 Å². The first-order valence-electron chi connectivity index (χ1n) is 11.2. The van der Waals surface area contributed by atoms with Crippen LogP contribution in [-0.2, 0) is 11.2 Å². The van der Waals surface area contributed by atoms with E-state index in [9.17, 15) is 20.1 Å². The maximum atomic E-state index is 11.4. The number of carbonyl (C=O) groups excluding carboxylic acids is 1. The van der Waals surface area contributed by atoms with E-state index in [0.717, 1.165) is 19.3 Å². The van der Waals surface area contributed by atoms with Crippen molar-refractivity contribution in [2.45, 2.75) is 70.2 Å². The molecule has 0 aromatic heterocycles. The van der Waals surface area contributed by atoms with Crippen LogP contribution in [-0.4, -0.2) is 46.1 Å². The average molecular weight is 416 g/mol. The molecule has 5 heteroatoms. The molecule has 166 valence electrons. The van der Waals surface area contributed by atoms with E-state index >= 15 is 0 Å². The third-order valence-corrected chi connectivity index (χ3v) is 5.77. The largest absolute Gasteiger partial charge is 0.393 e. The highest BCUT2D eigenvalue weighted by Gasteiger charge is 2.39. The van der Waals surface area contributed by atoms with Gasteiger partial charge in [0.15, 0.2) is 0 Å². The van der Waals surface area contributed by atoms with E-state index in [-0.39, 0.29) is 17.7 Å². The molecule has 0 heterocycles. The molecular weight excluding hydrogens is 378 g/mol. The summed E-state index contributed by atoms with van der Waals surface area (Å²) in [7, 11) is 0. The average Bonchev–Trinajstić information content (AvgIpc) is 3.00. The summed E-state index contributed by atoms with van der Waals surface area (Å²) in [6.45, 7) is 2.57. The summed E-state index contributed by atoms with van der Waals surface area (Å²) in [4.78, 5) is 11.4. The van der Waals surface area contributed by atoms with Crippen LogP contribution in [0.25, 0.3) is 0 Å². The Labute approximate surface area is 180 Å². The standard InChI is InChI=1S/C25H37NO4/c1-2-26-25(30)13-9-4-3-8-12-21-22(24(29)18-23(21)28)17-16-20(27)15-14-19-10-6-5-7-11-19/h3,5-8,10-11,16-17,20-24,27-29H,2,4,9,12-15,18H2,1H3,(H,26,30)/b8-3+,17-16?/t20-,21-,22+,23+,24+/m1/s1. The fourth-order valence-electron chi connectivity index (χ4n) is 4.06. The van der Waals surface area contributed by atoms with Crippen LogP contribution in [0.15, 0.2) is 54.6 Å². The maximum absolute atomic E-state index is 11.4. The van der Waals surface area contributed by atoms with Crippen molar-refractivity contribution < 1.29 is 20.1 Å². The Hall–Kier alpha value is -1.95. The number of hydrogen-bond donors (Lipinski definition) is 4. The molecule has 0 spiro atoms. The number of amides is 1. The van der Waals surface area contributed by atoms with Gasteiger partial charge in [-0.3, -0.25) is 4.79 Å². The van der Waals surface area contributed by atoms with E-state index in [4.69, 9.17) is 0 Å². The van der Waals surface area contributed by atoms with Gasteiger partial charge in [-0.1, -0.05) is 54.6 Å². The first-order chi connectivity index (χ1) is 14.5. The van der Waals surface area contributed by atoms with E-state index in [1.54, 1.807) is 6.08 Å². The first kappa shape index (κ1) is 24.3. The van der Waals surface area contributed by atoms with Crippen molar-refractivity contribution in [3.63, 3.8) is 0 Å². The van der Waals surface area contributed by atoms with E-state index in [1.165, 1.54) is 5.56 Å². The molecule has 5 atom stereocenters. The molecule has 4 N–H and O–H groups in total. The number of aliphatic hydroxyl groups excluding tert-OH is 3. The number of hydrogen-bond acceptors (Lipinski definition) is 4.